The van der Waals surface area contributed by atoms with E-state index in [1.807, 2.05) is 26.0 Å². The highest BCUT2D eigenvalue weighted by molar-refractivity contribution is 5.81. The third-order valence-electron chi connectivity index (χ3n) is 4.05. The minimum atomic E-state index is -0.637. The molecule has 30 heavy (non-hydrogen) atoms. The standard InChI is InChI=1S/C23H27NO6/c1-17(2)15-18(16-21(25)29-19-9-5-3-6-10-19)22(26)28-14-13-24-23(27)30-20-11-7-4-8-12-20/h3-12,17-18H,13-16H2,1-2H3,(H,24,27). The van der Waals surface area contributed by atoms with E-state index in [0.717, 1.165) is 0 Å². The predicted molar refractivity (Wildman–Crippen MR) is 111 cm³/mol. The van der Waals surface area contributed by atoms with Gasteiger partial charge >= 0.3 is 18.0 Å². The van der Waals surface area contributed by atoms with Gasteiger partial charge < -0.3 is 19.5 Å². The largest absolute Gasteiger partial charge is 0.464 e. The number of hydrogen-bond donors (Lipinski definition) is 1. The minimum Gasteiger partial charge on any atom is -0.464 e. The van der Waals surface area contributed by atoms with Crippen LogP contribution in [0.25, 0.3) is 0 Å². The molecule has 0 saturated heterocycles. The van der Waals surface area contributed by atoms with E-state index in [1.54, 1.807) is 48.5 Å². The summed E-state index contributed by atoms with van der Waals surface area (Å²) in [6.07, 6.45) is -0.218. The summed E-state index contributed by atoms with van der Waals surface area (Å²) in [5.41, 5.74) is 0. The second-order valence-electron chi connectivity index (χ2n) is 7.11. The molecular weight excluding hydrogens is 386 g/mol. The molecule has 0 fully saturated rings. The summed E-state index contributed by atoms with van der Waals surface area (Å²) >= 11 is 0. The maximum absolute atomic E-state index is 12.4. The van der Waals surface area contributed by atoms with E-state index in [2.05, 4.69) is 5.32 Å². The van der Waals surface area contributed by atoms with Crippen LogP contribution in [-0.4, -0.2) is 31.2 Å². The average molecular weight is 413 g/mol. The van der Waals surface area contributed by atoms with Crippen LogP contribution in [-0.2, 0) is 14.3 Å². The number of carbonyl (C=O) groups is 3. The first-order valence-electron chi connectivity index (χ1n) is 9.87. The number of benzene rings is 2. The van der Waals surface area contributed by atoms with E-state index in [-0.39, 0.29) is 25.5 Å². The van der Waals surface area contributed by atoms with Crippen LogP contribution >= 0.6 is 0 Å². The van der Waals surface area contributed by atoms with Gasteiger partial charge in [-0.3, -0.25) is 9.59 Å². The second-order valence-corrected chi connectivity index (χ2v) is 7.11. The van der Waals surface area contributed by atoms with Gasteiger partial charge in [-0.2, -0.15) is 0 Å². The molecule has 7 nitrogen and oxygen atoms in total. The van der Waals surface area contributed by atoms with Gasteiger partial charge in [0.05, 0.1) is 18.9 Å². The van der Waals surface area contributed by atoms with Crippen molar-refractivity contribution in [3.05, 3.63) is 60.7 Å². The van der Waals surface area contributed by atoms with Crippen LogP contribution in [0.1, 0.15) is 26.7 Å². The van der Waals surface area contributed by atoms with E-state index >= 15 is 0 Å². The van der Waals surface area contributed by atoms with Crippen molar-refractivity contribution in [1.82, 2.24) is 5.32 Å². The first kappa shape index (κ1) is 22.9. The summed E-state index contributed by atoms with van der Waals surface area (Å²) in [5.74, 6) is -0.551. The quantitative estimate of drug-likeness (QED) is 0.360. The molecule has 0 spiro atoms. The Morgan fingerprint density at radius 2 is 1.43 bits per heavy atom. The molecule has 2 aromatic carbocycles. The summed E-state index contributed by atoms with van der Waals surface area (Å²) in [6.45, 7) is 4.00. The van der Waals surface area contributed by atoms with Gasteiger partial charge in [0.25, 0.3) is 0 Å². The van der Waals surface area contributed by atoms with Gasteiger partial charge in [0.2, 0.25) is 0 Å². The Morgan fingerprint density at radius 1 is 0.867 bits per heavy atom. The topological polar surface area (TPSA) is 90.9 Å². The molecule has 0 aliphatic carbocycles. The highest BCUT2D eigenvalue weighted by Gasteiger charge is 2.25. The fraction of sp³-hybridized carbons (Fsp3) is 0.348. The zero-order chi connectivity index (χ0) is 21.8. The molecule has 1 unspecified atom stereocenters. The summed E-state index contributed by atoms with van der Waals surface area (Å²) in [4.78, 5) is 36.3. The normalized spacial score (nSPS) is 11.4. The minimum absolute atomic E-state index is 0.0228. The Hall–Kier alpha value is -3.35. The van der Waals surface area contributed by atoms with Gasteiger partial charge in [-0.15, -0.1) is 0 Å². The molecule has 0 heterocycles. The van der Waals surface area contributed by atoms with E-state index < -0.39 is 23.9 Å². The van der Waals surface area contributed by atoms with Crippen molar-refractivity contribution < 1.29 is 28.6 Å². The smallest absolute Gasteiger partial charge is 0.412 e. The number of nitrogens with one attached hydrogen (secondary N) is 1. The van der Waals surface area contributed by atoms with Crippen molar-refractivity contribution in [2.45, 2.75) is 26.7 Å². The first-order valence-corrected chi connectivity index (χ1v) is 9.87. The summed E-state index contributed by atoms with van der Waals surface area (Å²) < 4.78 is 15.6. The molecule has 2 aromatic rings. The molecule has 2 rings (SSSR count). The lowest BCUT2D eigenvalue weighted by Crippen LogP contribution is -2.32. The van der Waals surface area contributed by atoms with Crippen molar-refractivity contribution in [2.24, 2.45) is 11.8 Å². The fourth-order valence-corrected chi connectivity index (χ4v) is 2.75. The van der Waals surface area contributed by atoms with Crippen molar-refractivity contribution in [2.75, 3.05) is 13.2 Å². The highest BCUT2D eigenvalue weighted by Crippen LogP contribution is 2.19. The molecule has 160 valence electrons. The molecule has 1 N–H and O–H groups in total. The predicted octanol–water partition coefficient (Wildman–Crippen LogP) is 3.98. The van der Waals surface area contributed by atoms with E-state index in [1.165, 1.54) is 0 Å². The molecule has 1 amide bonds. The van der Waals surface area contributed by atoms with Crippen LogP contribution in [0.5, 0.6) is 11.5 Å². The SMILES string of the molecule is CC(C)CC(CC(=O)Oc1ccccc1)C(=O)OCCNC(=O)Oc1ccccc1. The summed E-state index contributed by atoms with van der Waals surface area (Å²) in [7, 11) is 0. The van der Waals surface area contributed by atoms with Gasteiger partial charge in [0, 0.05) is 0 Å². The molecule has 0 saturated carbocycles. The number of carbonyl (C=O) groups excluding carboxylic acids is 3. The fourth-order valence-electron chi connectivity index (χ4n) is 2.75. The first-order chi connectivity index (χ1) is 14.4. The maximum atomic E-state index is 12.4. The summed E-state index contributed by atoms with van der Waals surface area (Å²) in [6, 6.07) is 17.3. The lowest BCUT2D eigenvalue weighted by Gasteiger charge is -2.17. The van der Waals surface area contributed by atoms with Gasteiger partial charge in [-0.25, -0.2) is 4.79 Å². The number of ether oxygens (including phenoxy) is 3. The molecule has 0 bridgehead atoms. The number of amides is 1. The van der Waals surface area contributed by atoms with Gasteiger partial charge in [-0.05, 0) is 36.6 Å². The van der Waals surface area contributed by atoms with Crippen LogP contribution in [0.2, 0.25) is 0 Å². The second kappa shape index (κ2) is 12.3. The third kappa shape index (κ3) is 8.77. The zero-order valence-electron chi connectivity index (χ0n) is 17.2. The van der Waals surface area contributed by atoms with Crippen molar-refractivity contribution in [3.8, 4) is 11.5 Å². The van der Waals surface area contributed by atoms with Gasteiger partial charge in [0.1, 0.15) is 18.1 Å². The molecule has 0 aromatic heterocycles. The van der Waals surface area contributed by atoms with Gasteiger partial charge in [0.15, 0.2) is 0 Å². The molecule has 0 aliphatic rings. The van der Waals surface area contributed by atoms with Crippen LogP contribution in [0.15, 0.2) is 60.7 Å². The monoisotopic (exact) mass is 413 g/mol. The lowest BCUT2D eigenvalue weighted by molar-refractivity contribution is -0.152. The number of rotatable bonds is 10. The number of hydrogen-bond acceptors (Lipinski definition) is 6. The Bertz CT molecular complexity index is 807. The zero-order valence-corrected chi connectivity index (χ0v) is 17.2. The third-order valence-corrected chi connectivity index (χ3v) is 4.05. The molecular formula is C23H27NO6. The molecule has 0 radical (unpaired) electrons. The Kier molecular flexibility index (Phi) is 9.37. The van der Waals surface area contributed by atoms with Crippen molar-refractivity contribution in [3.63, 3.8) is 0 Å². The molecule has 1 atom stereocenters. The Balaban J connectivity index is 1.75. The van der Waals surface area contributed by atoms with Crippen LogP contribution < -0.4 is 14.8 Å². The van der Waals surface area contributed by atoms with Gasteiger partial charge in [-0.1, -0.05) is 50.2 Å². The van der Waals surface area contributed by atoms with E-state index in [9.17, 15) is 14.4 Å². The molecule has 7 heteroatoms. The Labute approximate surface area is 176 Å². The van der Waals surface area contributed by atoms with Crippen molar-refractivity contribution >= 4 is 18.0 Å². The van der Waals surface area contributed by atoms with E-state index in [4.69, 9.17) is 14.2 Å². The van der Waals surface area contributed by atoms with Crippen LogP contribution in [0.4, 0.5) is 4.79 Å². The average Bonchev–Trinajstić information content (AvgIpc) is 2.71. The molecule has 0 aliphatic heterocycles. The highest BCUT2D eigenvalue weighted by atomic mass is 16.6. The summed E-state index contributed by atoms with van der Waals surface area (Å²) in [5, 5.41) is 2.51. The van der Waals surface area contributed by atoms with Crippen LogP contribution in [0.3, 0.4) is 0 Å². The number of esters is 2. The Morgan fingerprint density at radius 3 is 2.00 bits per heavy atom. The maximum Gasteiger partial charge on any atom is 0.412 e. The van der Waals surface area contributed by atoms with E-state index in [0.29, 0.717) is 17.9 Å². The van der Waals surface area contributed by atoms with Crippen molar-refractivity contribution in [1.29, 1.82) is 0 Å². The lowest BCUT2D eigenvalue weighted by atomic mass is 9.94. The number of para-hydroxylation sites is 2. The van der Waals surface area contributed by atoms with Crippen LogP contribution in [0, 0.1) is 11.8 Å².